The van der Waals surface area contributed by atoms with Crippen molar-refractivity contribution in [1.82, 2.24) is 0 Å². The van der Waals surface area contributed by atoms with E-state index in [2.05, 4.69) is 12.2 Å². The highest BCUT2D eigenvalue weighted by molar-refractivity contribution is 5.17. The number of allylic oxidation sites excluding steroid dienone is 1. The minimum absolute atomic E-state index is 0.171. The van der Waals surface area contributed by atoms with Crippen molar-refractivity contribution in [3.05, 3.63) is 12.2 Å². The lowest BCUT2D eigenvalue weighted by atomic mass is 10.0. The molecule has 2 rings (SSSR count). The minimum atomic E-state index is 0.171. The molecule has 50 valence electrons. The first kappa shape index (κ1) is 5.48. The summed E-state index contributed by atoms with van der Waals surface area (Å²) in [6.07, 6.45) is 8.35. The van der Waals surface area contributed by atoms with Crippen LogP contribution in [0.15, 0.2) is 12.2 Å². The minimum Gasteiger partial charge on any atom is -0.374 e. The highest BCUT2D eigenvalue weighted by atomic mass is 16.5. The predicted octanol–water partition coefficient (Wildman–Crippen LogP) is 1.74. The molecule has 1 nitrogen and oxygen atoms in total. The second-order valence-corrected chi connectivity index (χ2v) is 3.13. The molecule has 1 saturated carbocycles. The van der Waals surface area contributed by atoms with Crippen molar-refractivity contribution in [3.63, 3.8) is 0 Å². The molecule has 0 aromatic carbocycles. The Bertz CT molecular complexity index is 151. The quantitative estimate of drug-likeness (QED) is 0.484. The van der Waals surface area contributed by atoms with Crippen LogP contribution in [0.2, 0.25) is 0 Å². The van der Waals surface area contributed by atoms with E-state index in [0.717, 1.165) is 5.92 Å². The van der Waals surface area contributed by atoms with Gasteiger partial charge in [0.05, 0.1) is 5.60 Å². The first-order valence-electron chi connectivity index (χ1n) is 3.59. The van der Waals surface area contributed by atoms with E-state index in [0.29, 0.717) is 0 Å². The number of methoxy groups -OCH3 is 1. The molecule has 0 aromatic heterocycles. The number of ether oxygens (including phenoxy) is 1. The van der Waals surface area contributed by atoms with Gasteiger partial charge >= 0.3 is 0 Å². The average molecular weight is 124 g/mol. The van der Waals surface area contributed by atoms with E-state index in [1.807, 2.05) is 7.11 Å². The van der Waals surface area contributed by atoms with Gasteiger partial charge in [-0.2, -0.15) is 0 Å². The standard InChI is InChI=1S/C8H12O/c1-9-8-4-2-7(6-8)3-5-8/h2,4,7H,3,5-6H2,1H3. The molecule has 2 bridgehead atoms. The Morgan fingerprint density at radius 3 is 2.78 bits per heavy atom. The number of fused-ring (bicyclic) bond motifs is 2. The van der Waals surface area contributed by atoms with Crippen LogP contribution in [0, 0.1) is 5.92 Å². The lowest BCUT2D eigenvalue weighted by Gasteiger charge is -2.20. The van der Waals surface area contributed by atoms with Gasteiger partial charge in [-0.1, -0.05) is 12.2 Å². The van der Waals surface area contributed by atoms with Gasteiger partial charge < -0.3 is 4.74 Å². The van der Waals surface area contributed by atoms with Crippen LogP contribution in [0.25, 0.3) is 0 Å². The van der Waals surface area contributed by atoms with E-state index in [1.54, 1.807) is 0 Å². The van der Waals surface area contributed by atoms with Gasteiger partial charge in [-0.05, 0) is 25.2 Å². The van der Waals surface area contributed by atoms with Gasteiger partial charge in [0.2, 0.25) is 0 Å². The Balaban J connectivity index is 2.23. The Kier molecular flexibility index (Phi) is 0.974. The van der Waals surface area contributed by atoms with E-state index in [-0.39, 0.29) is 5.60 Å². The summed E-state index contributed by atoms with van der Waals surface area (Å²) in [7, 11) is 1.82. The normalized spacial score (nSPS) is 46.6. The van der Waals surface area contributed by atoms with Crippen molar-refractivity contribution >= 4 is 0 Å². The molecule has 1 heteroatoms. The van der Waals surface area contributed by atoms with E-state index in [4.69, 9.17) is 4.74 Å². The monoisotopic (exact) mass is 124 g/mol. The van der Waals surface area contributed by atoms with Gasteiger partial charge in [0, 0.05) is 7.11 Å². The van der Waals surface area contributed by atoms with Crippen molar-refractivity contribution in [1.29, 1.82) is 0 Å². The van der Waals surface area contributed by atoms with E-state index in [1.165, 1.54) is 19.3 Å². The summed E-state index contributed by atoms with van der Waals surface area (Å²) in [5.41, 5.74) is 0.171. The summed E-state index contributed by atoms with van der Waals surface area (Å²) in [5, 5.41) is 0. The zero-order valence-corrected chi connectivity index (χ0v) is 5.76. The zero-order valence-electron chi connectivity index (χ0n) is 5.76. The van der Waals surface area contributed by atoms with Crippen LogP contribution in [0.4, 0.5) is 0 Å². The molecule has 0 N–H and O–H groups in total. The van der Waals surface area contributed by atoms with E-state index in [9.17, 15) is 0 Å². The first-order chi connectivity index (χ1) is 4.35. The maximum Gasteiger partial charge on any atom is 0.0864 e. The molecule has 0 amide bonds. The summed E-state index contributed by atoms with van der Waals surface area (Å²) in [6.45, 7) is 0. The summed E-state index contributed by atoms with van der Waals surface area (Å²) in [4.78, 5) is 0. The summed E-state index contributed by atoms with van der Waals surface area (Å²) in [5.74, 6) is 0.838. The largest absolute Gasteiger partial charge is 0.374 e. The van der Waals surface area contributed by atoms with Crippen molar-refractivity contribution < 1.29 is 4.74 Å². The predicted molar refractivity (Wildman–Crippen MR) is 36.2 cm³/mol. The van der Waals surface area contributed by atoms with Gasteiger partial charge in [-0.15, -0.1) is 0 Å². The van der Waals surface area contributed by atoms with Gasteiger partial charge in [-0.3, -0.25) is 0 Å². The average Bonchev–Trinajstić information content (AvgIpc) is 2.46. The number of rotatable bonds is 1. The van der Waals surface area contributed by atoms with Crippen LogP contribution >= 0.6 is 0 Å². The molecule has 0 aromatic rings. The lowest BCUT2D eigenvalue weighted by molar-refractivity contribution is 0.0415. The molecule has 0 radical (unpaired) electrons. The Morgan fingerprint density at radius 1 is 1.67 bits per heavy atom. The SMILES string of the molecule is COC12C=CC(CC1)C2. The van der Waals surface area contributed by atoms with E-state index < -0.39 is 0 Å². The van der Waals surface area contributed by atoms with Crippen molar-refractivity contribution in [2.24, 2.45) is 5.92 Å². The maximum absolute atomic E-state index is 5.40. The molecule has 2 atom stereocenters. The number of hydrogen-bond acceptors (Lipinski definition) is 1. The van der Waals surface area contributed by atoms with Crippen molar-refractivity contribution in [3.8, 4) is 0 Å². The molecule has 1 fully saturated rings. The van der Waals surface area contributed by atoms with Gasteiger partial charge in [0.15, 0.2) is 0 Å². The van der Waals surface area contributed by atoms with Crippen LogP contribution in [0.5, 0.6) is 0 Å². The highest BCUT2D eigenvalue weighted by Gasteiger charge is 2.40. The molecule has 2 aliphatic carbocycles. The molecule has 2 aliphatic rings. The fourth-order valence-corrected chi connectivity index (χ4v) is 1.96. The molecule has 0 aliphatic heterocycles. The Labute approximate surface area is 55.7 Å². The smallest absolute Gasteiger partial charge is 0.0864 e. The maximum atomic E-state index is 5.40. The molecule has 0 saturated heterocycles. The zero-order chi connectivity index (χ0) is 6.32. The second kappa shape index (κ2) is 1.60. The topological polar surface area (TPSA) is 9.23 Å². The molecule has 0 heterocycles. The van der Waals surface area contributed by atoms with Gasteiger partial charge in [0.25, 0.3) is 0 Å². The van der Waals surface area contributed by atoms with Crippen molar-refractivity contribution in [2.75, 3.05) is 7.11 Å². The summed E-state index contributed by atoms with van der Waals surface area (Å²) < 4.78 is 5.40. The van der Waals surface area contributed by atoms with Crippen LogP contribution in [0.3, 0.4) is 0 Å². The molecule has 2 unspecified atom stereocenters. The molecular formula is C8H12O. The third-order valence-electron chi connectivity index (χ3n) is 2.62. The van der Waals surface area contributed by atoms with Crippen molar-refractivity contribution in [2.45, 2.75) is 24.9 Å². The molecule has 0 spiro atoms. The van der Waals surface area contributed by atoms with Crippen LogP contribution in [-0.2, 0) is 4.74 Å². The highest BCUT2D eigenvalue weighted by Crippen LogP contribution is 2.44. The third kappa shape index (κ3) is 0.645. The Hall–Kier alpha value is -0.300. The third-order valence-corrected chi connectivity index (χ3v) is 2.62. The first-order valence-corrected chi connectivity index (χ1v) is 3.59. The molecule has 9 heavy (non-hydrogen) atoms. The summed E-state index contributed by atoms with van der Waals surface area (Å²) >= 11 is 0. The van der Waals surface area contributed by atoms with Crippen LogP contribution in [0.1, 0.15) is 19.3 Å². The lowest BCUT2D eigenvalue weighted by Crippen LogP contribution is -2.22. The van der Waals surface area contributed by atoms with Crippen LogP contribution < -0.4 is 0 Å². The van der Waals surface area contributed by atoms with Gasteiger partial charge in [0.1, 0.15) is 0 Å². The fraction of sp³-hybridized carbons (Fsp3) is 0.750. The Morgan fingerprint density at radius 2 is 2.56 bits per heavy atom. The number of hydrogen-bond donors (Lipinski definition) is 0. The van der Waals surface area contributed by atoms with E-state index >= 15 is 0 Å². The van der Waals surface area contributed by atoms with Crippen LogP contribution in [-0.4, -0.2) is 12.7 Å². The summed E-state index contributed by atoms with van der Waals surface area (Å²) in [6, 6.07) is 0. The molecular weight excluding hydrogens is 112 g/mol. The fourth-order valence-electron chi connectivity index (χ4n) is 1.96. The second-order valence-electron chi connectivity index (χ2n) is 3.13. The van der Waals surface area contributed by atoms with Gasteiger partial charge in [-0.25, -0.2) is 0 Å².